The van der Waals surface area contributed by atoms with E-state index in [9.17, 15) is 14.4 Å². The molecular weight excluding hydrogens is 416 g/mol. The van der Waals surface area contributed by atoms with Crippen molar-refractivity contribution in [3.05, 3.63) is 62.8 Å². The number of rotatable bonds is 6. The molecule has 0 aliphatic carbocycles. The quantitative estimate of drug-likeness (QED) is 0.733. The van der Waals surface area contributed by atoms with Gasteiger partial charge in [-0.05, 0) is 31.2 Å². The third-order valence-corrected chi connectivity index (χ3v) is 6.59. The Kier molecular flexibility index (Phi) is 6.96. The molecule has 33 heavy (non-hydrogen) atoms. The van der Waals surface area contributed by atoms with Gasteiger partial charge in [0.15, 0.2) is 0 Å². The smallest absolute Gasteiger partial charge is 0.259 e. The minimum absolute atomic E-state index is 0.0176. The summed E-state index contributed by atoms with van der Waals surface area (Å²) in [5, 5.41) is 3.00. The van der Waals surface area contributed by atoms with Crippen LogP contribution in [0.3, 0.4) is 0 Å². The first-order valence-corrected chi connectivity index (χ1v) is 12.0. The Balaban J connectivity index is 1.51. The fourth-order valence-electron chi connectivity index (χ4n) is 4.79. The van der Waals surface area contributed by atoms with E-state index in [1.807, 2.05) is 45.0 Å². The first-order chi connectivity index (χ1) is 15.8. The van der Waals surface area contributed by atoms with Crippen LogP contribution < -0.4 is 10.9 Å². The van der Waals surface area contributed by atoms with Crippen LogP contribution in [0.15, 0.2) is 29.1 Å². The van der Waals surface area contributed by atoms with Crippen LogP contribution in [0.4, 0.5) is 0 Å². The van der Waals surface area contributed by atoms with E-state index in [0.29, 0.717) is 50.4 Å². The van der Waals surface area contributed by atoms with Gasteiger partial charge in [0, 0.05) is 32.4 Å². The third kappa shape index (κ3) is 5.34. The van der Waals surface area contributed by atoms with Crippen molar-refractivity contribution in [1.82, 2.24) is 19.8 Å². The minimum Gasteiger partial charge on any atom is -0.354 e. The predicted molar refractivity (Wildman–Crippen MR) is 127 cm³/mol. The molecule has 3 heterocycles. The molecule has 0 spiro atoms. The number of hydrogen-bond donors (Lipinski definition) is 1. The van der Waals surface area contributed by atoms with Crippen molar-refractivity contribution >= 4 is 11.8 Å². The molecule has 1 N–H and O–H groups in total. The van der Waals surface area contributed by atoms with Crippen molar-refractivity contribution in [2.75, 3.05) is 13.1 Å². The molecule has 0 bridgehead atoms. The summed E-state index contributed by atoms with van der Waals surface area (Å²) in [5.41, 5.74) is 3.55. The number of nitrogens with one attached hydrogen (secondary N) is 1. The van der Waals surface area contributed by atoms with Gasteiger partial charge in [-0.2, -0.15) is 0 Å². The van der Waals surface area contributed by atoms with E-state index in [2.05, 4.69) is 5.32 Å². The molecule has 0 saturated carbocycles. The van der Waals surface area contributed by atoms with E-state index in [1.165, 1.54) is 0 Å². The molecule has 2 aromatic rings. The fraction of sp³-hybridized carbons (Fsp3) is 0.538. The van der Waals surface area contributed by atoms with Crippen LogP contribution in [0.5, 0.6) is 0 Å². The van der Waals surface area contributed by atoms with E-state index in [4.69, 9.17) is 4.98 Å². The Morgan fingerprint density at radius 2 is 1.94 bits per heavy atom. The Morgan fingerprint density at radius 1 is 1.18 bits per heavy atom. The number of amides is 2. The average molecular weight is 451 g/mol. The summed E-state index contributed by atoms with van der Waals surface area (Å²) in [5.74, 6) is 1.16. The molecule has 4 rings (SSSR count). The van der Waals surface area contributed by atoms with E-state index < -0.39 is 0 Å². The second-order valence-corrected chi connectivity index (χ2v) is 9.80. The van der Waals surface area contributed by atoms with Crippen molar-refractivity contribution in [1.29, 1.82) is 0 Å². The highest BCUT2D eigenvalue weighted by Crippen LogP contribution is 2.24. The van der Waals surface area contributed by atoms with Crippen molar-refractivity contribution < 1.29 is 9.59 Å². The molecule has 1 atom stereocenters. The summed E-state index contributed by atoms with van der Waals surface area (Å²) in [6, 6.07) is 7.90. The molecule has 1 unspecified atom stereocenters. The van der Waals surface area contributed by atoms with Crippen LogP contribution >= 0.6 is 0 Å². The van der Waals surface area contributed by atoms with Gasteiger partial charge in [-0.15, -0.1) is 0 Å². The predicted octanol–water partition coefficient (Wildman–Crippen LogP) is 2.72. The lowest BCUT2D eigenvalue weighted by Crippen LogP contribution is -2.45. The van der Waals surface area contributed by atoms with Gasteiger partial charge in [0.05, 0.1) is 30.3 Å². The number of aromatic nitrogens is 2. The monoisotopic (exact) mass is 450 g/mol. The largest absolute Gasteiger partial charge is 0.354 e. The molecule has 0 saturated heterocycles. The average Bonchev–Trinajstić information content (AvgIpc) is 2.78. The van der Waals surface area contributed by atoms with Crippen molar-refractivity contribution in [2.45, 2.75) is 71.9 Å². The van der Waals surface area contributed by atoms with Crippen LogP contribution in [-0.4, -0.2) is 39.4 Å². The molecule has 0 fully saturated rings. The van der Waals surface area contributed by atoms with Gasteiger partial charge < -0.3 is 10.2 Å². The molecule has 1 aromatic heterocycles. The zero-order chi connectivity index (χ0) is 23.5. The highest BCUT2D eigenvalue weighted by Gasteiger charge is 2.30. The van der Waals surface area contributed by atoms with E-state index in [0.717, 1.165) is 41.9 Å². The molecule has 2 aliphatic heterocycles. The Hall–Kier alpha value is -2.96. The summed E-state index contributed by atoms with van der Waals surface area (Å²) >= 11 is 0. The molecular formula is C26H34N4O3. The number of nitrogens with zero attached hydrogens (tertiary/aromatic N) is 3. The second-order valence-electron chi connectivity index (χ2n) is 9.80. The second kappa shape index (κ2) is 9.89. The lowest BCUT2D eigenvalue weighted by Gasteiger charge is -2.32. The lowest BCUT2D eigenvalue weighted by atomic mass is 10.00. The minimum atomic E-state index is -0.0891. The standard InChI is InChI=1S/C26H34N4O3/c1-17(2)13-24(31)27-15-20-5-4-6-23-28-22-11-12-29(16-21(22)26(33)30(20)23)25(32)14-19-9-7-18(3)8-10-19/h7-10,17,20H,4-6,11-16H2,1-3H3,(H,27,31). The van der Waals surface area contributed by atoms with Gasteiger partial charge in [-0.1, -0.05) is 43.7 Å². The first kappa shape index (κ1) is 23.2. The number of carbonyl (C=O) groups excluding carboxylic acids is 2. The number of fused-ring (bicyclic) bond motifs is 2. The zero-order valence-electron chi connectivity index (χ0n) is 19.9. The van der Waals surface area contributed by atoms with Crippen LogP contribution in [0.2, 0.25) is 0 Å². The Bertz CT molecular complexity index is 1090. The maximum absolute atomic E-state index is 13.5. The number of carbonyl (C=O) groups is 2. The maximum atomic E-state index is 13.5. The number of hydrogen-bond acceptors (Lipinski definition) is 4. The number of benzene rings is 1. The van der Waals surface area contributed by atoms with Gasteiger partial charge in [0.2, 0.25) is 11.8 Å². The Morgan fingerprint density at radius 3 is 2.67 bits per heavy atom. The molecule has 7 nitrogen and oxygen atoms in total. The summed E-state index contributed by atoms with van der Waals surface area (Å²) in [6.45, 7) is 7.39. The van der Waals surface area contributed by atoms with Crippen LogP contribution in [0, 0.1) is 12.8 Å². The topological polar surface area (TPSA) is 84.3 Å². The SMILES string of the molecule is Cc1ccc(CC(=O)N2CCc3nc4n(c(=O)c3C2)C(CNC(=O)CC(C)C)CCC4)cc1. The third-order valence-electron chi connectivity index (χ3n) is 6.59. The number of aryl methyl sites for hydroxylation is 2. The molecule has 2 amide bonds. The molecule has 0 radical (unpaired) electrons. The summed E-state index contributed by atoms with van der Waals surface area (Å²) in [6.07, 6.45) is 3.99. The van der Waals surface area contributed by atoms with E-state index >= 15 is 0 Å². The highest BCUT2D eigenvalue weighted by atomic mass is 16.2. The summed E-state index contributed by atoms with van der Waals surface area (Å²) < 4.78 is 1.78. The van der Waals surface area contributed by atoms with E-state index in [1.54, 1.807) is 9.47 Å². The van der Waals surface area contributed by atoms with Gasteiger partial charge >= 0.3 is 0 Å². The van der Waals surface area contributed by atoms with Crippen LogP contribution in [0.1, 0.15) is 67.4 Å². The maximum Gasteiger partial charge on any atom is 0.259 e. The summed E-state index contributed by atoms with van der Waals surface area (Å²) in [4.78, 5) is 45.2. The van der Waals surface area contributed by atoms with Crippen LogP contribution in [-0.2, 0) is 35.4 Å². The summed E-state index contributed by atoms with van der Waals surface area (Å²) in [7, 11) is 0. The van der Waals surface area contributed by atoms with E-state index in [-0.39, 0.29) is 23.4 Å². The molecule has 176 valence electrons. The van der Waals surface area contributed by atoms with Crippen molar-refractivity contribution in [3.8, 4) is 0 Å². The van der Waals surface area contributed by atoms with Gasteiger partial charge in [0.25, 0.3) is 5.56 Å². The van der Waals surface area contributed by atoms with Gasteiger partial charge in [0.1, 0.15) is 5.82 Å². The lowest BCUT2D eigenvalue weighted by molar-refractivity contribution is -0.131. The molecule has 7 heteroatoms. The first-order valence-electron chi connectivity index (χ1n) is 12.0. The van der Waals surface area contributed by atoms with Crippen molar-refractivity contribution in [3.63, 3.8) is 0 Å². The molecule has 2 aliphatic rings. The van der Waals surface area contributed by atoms with Crippen LogP contribution in [0.25, 0.3) is 0 Å². The zero-order valence-corrected chi connectivity index (χ0v) is 19.9. The Labute approximate surface area is 195 Å². The van der Waals surface area contributed by atoms with Gasteiger partial charge in [-0.3, -0.25) is 19.0 Å². The highest BCUT2D eigenvalue weighted by molar-refractivity contribution is 5.79. The fourth-order valence-corrected chi connectivity index (χ4v) is 4.79. The van der Waals surface area contributed by atoms with Crippen molar-refractivity contribution in [2.24, 2.45) is 5.92 Å². The molecule has 1 aromatic carbocycles. The normalized spacial score (nSPS) is 17.5. The van der Waals surface area contributed by atoms with Gasteiger partial charge in [-0.25, -0.2) is 4.98 Å².